The minimum atomic E-state index is -2.90. The Balaban J connectivity index is 1.81. The van der Waals surface area contributed by atoms with Crippen LogP contribution in [0.3, 0.4) is 0 Å². The monoisotopic (exact) mass is 333 g/mol. The molecule has 3 N–H and O–H groups in total. The SMILES string of the molecule is CS(=O)(=O)CCN1CCC(Nc2cc(Cl)nc(N)n2)CC1. The normalized spacial score (nSPS) is 17.8. The number of aromatic nitrogens is 2. The maximum absolute atomic E-state index is 11.2. The van der Waals surface area contributed by atoms with Crippen molar-refractivity contribution in [2.45, 2.75) is 18.9 Å². The molecule has 0 aliphatic carbocycles. The lowest BCUT2D eigenvalue weighted by Crippen LogP contribution is -2.41. The van der Waals surface area contributed by atoms with Gasteiger partial charge in [0.1, 0.15) is 20.8 Å². The molecule has 21 heavy (non-hydrogen) atoms. The summed E-state index contributed by atoms with van der Waals surface area (Å²) in [4.78, 5) is 10.1. The molecule has 0 saturated carbocycles. The molecule has 0 unspecified atom stereocenters. The van der Waals surface area contributed by atoms with Gasteiger partial charge < -0.3 is 16.0 Å². The van der Waals surface area contributed by atoms with Gasteiger partial charge in [-0.1, -0.05) is 11.6 Å². The van der Waals surface area contributed by atoms with Gasteiger partial charge in [0.2, 0.25) is 5.95 Å². The standard InChI is InChI=1S/C12H20ClN5O2S/c1-21(19,20)7-6-18-4-2-9(3-5-18)15-11-8-10(13)16-12(14)17-11/h8-9H,2-7H2,1H3,(H3,14,15,16,17). The van der Waals surface area contributed by atoms with E-state index in [1.54, 1.807) is 6.07 Å². The second kappa shape index (κ2) is 6.76. The van der Waals surface area contributed by atoms with Crippen molar-refractivity contribution in [1.29, 1.82) is 0 Å². The average Bonchev–Trinajstić information content (AvgIpc) is 2.36. The van der Waals surface area contributed by atoms with Crippen LogP contribution in [0.1, 0.15) is 12.8 Å². The highest BCUT2D eigenvalue weighted by atomic mass is 35.5. The number of nitrogens with two attached hydrogens (primary N) is 1. The molecule has 0 bridgehead atoms. The molecular weight excluding hydrogens is 314 g/mol. The third kappa shape index (κ3) is 5.64. The molecule has 1 saturated heterocycles. The molecule has 1 aromatic rings. The highest BCUT2D eigenvalue weighted by Gasteiger charge is 2.20. The number of hydrogen-bond acceptors (Lipinski definition) is 7. The van der Waals surface area contributed by atoms with E-state index in [2.05, 4.69) is 20.2 Å². The van der Waals surface area contributed by atoms with Crippen LogP contribution in [0.25, 0.3) is 0 Å². The smallest absolute Gasteiger partial charge is 0.223 e. The van der Waals surface area contributed by atoms with E-state index in [1.807, 2.05) is 0 Å². The number of rotatable bonds is 5. The third-order valence-corrected chi connectivity index (χ3v) is 4.55. The fraction of sp³-hybridized carbons (Fsp3) is 0.667. The minimum Gasteiger partial charge on any atom is -0.368 e. The summed E-state index contributed by atoms with van der Waals surface area (Å²) in [6, 6.07) is 1.93. The quantitative estimate of drug-likeness (QED) is 0.762. The number of nitrogens with zero attached hydrogens (tertiary/aromatic N) is 3. The number of anilines is 2. The summed E-state index contributed by atoms with van der Waals surface area (Å²) in [6.07, 6.45) is 3.11. The zero-order valence-electron chi connectivity index (χ0n) is 11.9. The Hall–Kier alpha value is -1.12. The van der Waals surface area contributed by atoms with Crippen LogP contribution in [0.4, 0.5) is 11.8 Å². The highest BCUT2D eigenvalue weighted by molar-refractivity contribution is 7.90. The van der Waals surface area contributed by atoms with Gasteiger partial charge in [-0.15, -0.1) is 0 Å². The van der Waals surface area contributed by atoms with Crippen molar-refractivity contribution in [1.82, 2.24) is 14.9 Å². The molecule has 118 valence electrons. The van der Waals surface area contributed by atoms with Gasteiger partial charge in [-0.2, -0.15) is 4.98 Å². The number of sulfone groups is 1. The van der Waals surface area contributed by atoms with Crippen LogP contribution in [0.2, 0.25) is 5.15 Å². The summed E-state index contributed by atoms with van der Waals surface area (Å²) in [5.74, 6) is 0.987. The predicted molar refractivity (Wildman–Crippen MR) is 84.2 cm³/mol. The number of halogens is 1. The van der Waals surface area contributed by atoms with Crippen molar-refractivity contribution in [3.8, 4) is 0 Å². The fourth-order valence-corrected chi connectivity index (χ4v) is 3.09. The highest BCUT2D eigenvalue weighted by Crippen LogP contribution is 2.18. The molecule has 9 heteroatoms. The molecule has 0 spiro atoms. The lowest BCUT2D eigenvalue weighted by atomic mass is 10.1. The number of hydrogen-bond donors (Lipinski definition) is 2. The molecule has 2 rings (SSSR count). The van der Waals surface area contributed by atoms with E-state index >= 15 is 0 Å². The summed E-state index contributed by atoms with van der Waals surface area (Å²) >= 11 is 5.84. The van der Waals surface area contributed by atoms with Crippen molar-refractivity contribution in [2.24, 2.45) is 0 Å². The molecule has 0 amide bonds. The first kappa shape index (κ1) is 16.3. The maximum Gasteiger partial charge on any atom is 0.223 e. The zero-order valence-corrected chi connectivity index (χ0v) is 13.5. The van der Waals surface area contributed by atoms with Crippen LogP contribution in [-0.2, 0) is 9.84 Å². The van der Waals surface area contributed by atoms with Gasteiger partial charge in [0.15, 0.2) is 0 Å². The Bertz CT molecular complexity index is 567. The fourth-order valence-electron chi connectivity index (χ4n) is 2.31. The third-order valence-electron chi connectivity index (χ3n) is 3.43. The first-order chi connectivity index (χ1) is 9.82. The first-order valence-electron chi connectivity index (χ1n) is 6.78. The second-order valence-corrected chi connectivity index (χ2v) is 7.97. The molecule has 1 aliphatic heterocycles. The Morgan fingerprint density at radius 3 is 2.67 bits per heavy atom. The van der Waals surface area contributed by atoms with Gasteiger partial charge in [0, 0.05) is 38.0 Å². The van der Waals surface area contributed by atoms with Crippen molar-refractivity contribution in [3.63, 3.8) is 0 Å². The lowest BCUT2D eigenvalue weighted by Gasteiger charge is -2.32. The number of nitrogen functional groups attached to an aromatic ring is 1. The van der Waals surface area contributed by atoms with Crippen molar-refractivity contribution < 1.29 is 8.42 Å². The van der Waals surface area contributed by atoms with Crippen LogP contribution >= 0.6 is 11.6 Å². The molecule has 2 heterocycles. The Kier molecular flexibility index (Phi) is 5.23. The van der Waals surface area contributed by atoms with E-state index in [9.17, 15) is 8.42 Å². The summed E-state index contributed by atoms with van der Waals surface area (Å²) in [5.41, 5.74) is 5.56. The molecule has 1 aliphatic rings. The number of piperidine rings is 1. The van der Waals surface area contributed by atoms with Gasteiger partial charge in [0.05, 0.1) is 5.75 Å². The predicted octanol–water partition coefficient (Wildman–Crippen LogP) is 0.633. The van der Waals surface area contributed by atoms with E-state index in [4.69, 9.17) is 17.3 Å². The molecule has 1 fully saturated rings. The first-order valence-corrected chi connectivity index (χ1v) is 9.22. The van der Waals surface area contributed by atoms with E-state index in [0.29, 0.717) is 17.5 Å². The van der Waals surface area contributed by atoms with Gasteiger partial charge in [0.25, 0.3) is 0 Å². The van der Waals surface area contributed by atoms with Crippen LogP contribution in [-0.4, -0.2) is 61.0 Å². The molecule has 1 aromatic heterocycles. The zero-order chi connectivity index (χ0) is 15.5. The summed E-state index contributed by atoms with van der Waals surface area (Å²) < 4.78 is 22.3. The molecular formula is C12H20ClN5O2S. The number of nitrogens with one attached hydrogen (secondary N) is 1. The van der Waals surface area contributed by atoms with Crippen molar-refractivity contribution in [3.05, 3.63) is 11.2 Å². The average molecular weight is 334 g/mol. The van der Waals surface area contributed by atoms with Crippen molar-refractivity contribution in [2.75, 3.05) is 42.7 Å². The van der Waals surface area contributed by atoms with Crippen LogP contribution < -0.4 is 11.1 Å². The van der Waals surface area contributed by atoms with Gasteiger partial charge in [-0.05, 0) is 12.8 Å². The Morgan fingerprint density at radius 2 is 2.10 bits per heavy atom. The van der Waals surface area contributed by atoms with Gasteiger partial charge in [-0.25, -0.2) is 13.4 Å². The van der Waals surface area contributed by atoms with Crippen LogP contribution in [0.15, 0.2) is 6.07 Å². The Labute approximate surface area is 129 Å². The molecule has 0 atom stereocenters. The van der Waals surface area contributed by atoms with Gasteiger partial charge in [-0.3, -0.25) is 0 Å². The summed E-state index contributed by atoms with van der Waals surface area (Å²) in [7, 11) is -2.90. The lowest BCUT2D eigenvalue weighted by molar-refractivity contribution is 0.230. The minimum absolute atomic E-state index is 0.149. The van der Waals surface area contributed by atoms with Gasteiger partial charge >= 0.3 is 0 Å². The molecule has 0 radical (unpaired) electrons. The maximum atomic E-state index is 11.2. The number of likely N-dealkylation sites (tertiary alicyclic amines) is 1. The summed E-state index contributed by atoms with van der Waals surface area (Å²) in [6.45, 7) is 2.32. The summed E-state index contributed by atoms with van der Waals surface area (Å²) in [5, 5.41) is 3.61. The van der Waals surface area contributed by atoms with Crippen molar-refractivity contribution >= 4 is 33.2 Å². The molecule has 0 aromatic carbocycles. The molecule has 7 nitrogen and oxygen atoms in total. The second-order valence-electron chi connectivity index (χ2n) is 5.32. The largest absolute Gasteiger partial charge is 0.368 e. The van der Waals surface area contributed by atoms with Crippen LogP contribution in [0, 0.1) is 0 Å². The van der Waals surface area contributed by atoms with Crippen LogP contribution in [0.5, 0.6) is 0 Å². The van der Waals surface area contributed by atoms with E-state index in [0.717, 1.165) is 25.9 Å². The topological polar surface area (TPSA) is 101 Å². The van der Waals surface area contributed by atoms with E-state index < -0.39 is 9.84 Å². The van der Waals surface area contributed by atoms with E-state index in [1.165, 1.54) is 6.26 Å². The van der Waals surface area contributed by atoms with E-state index in [-0.39, 0.29) is 17.7 Å². The Morgan fingerprint density at radius 1 is 1.43 bits per heavy atom.